The van der Waals surface area contributed by atoms with Crippen LogP contribution in [-0.4, -0.2) is 24.7 Å². The summed E-state index contributed by atoms with van der Waals surface area (Å²) >= 11 is 2.01. The van der Waals surface area contributed by atoms with Crippen LogP contribution in [0, 0.1) is 0 Å². The second-order valence-corrected chi connectivity index (χ2v) is 5.16. The number of nitrogens with two attached hydrogens (primary N) is 1. The largest absolute Gasteiger partial charge is 0.497 e. The van der Waals surface area contributed by atoms with E-state index in [0.717, 1.165) is 17.1 Å². The molecule has 1 fully saturated rings. The van der Waals surface area contributed by atoms with E-state index in [1.54, 1.807) is 7.11 Å². The van der Waals surface area contributed by atoms with Gasteiger partial charge in [-0.3, -0.25) is 0 Å². The van der Waals surface area contributed by atoms with Gasteiger partial charge in [0.1, 0.15) is 5.75 Å². The van der Waals surface area contributed by atoms with Crippen molar-refractivity contribution in [3.8, 4) is 5.75 Å². The van der Waals surface area contributed by atoms with Crippen LogP contribution in [0.5, 0.6) is 5.75 Å². The summed E-state index contributed by atoms with van der Waals surface area (Å²) in [5.74, 6) is 3.27. The minimum absolute atomic E-state index is 0.550. The number of ether oxygens (including phenoxy) is 1. The van der Waals surface area contributed by atoms with Gasteiger partial charge in [-0.25, -0.2) is 0 Å². The van der Waals surface area contributed by atoms with Crippen molar-refractivity contribution in [2.24, 2.45) is 0 Å². The molecule has 1 aromatic rings. The predicted octanol–water partition coefficient (Wildman–Crippen LogP) is 2.58. The molecule has 0 amide bonds. The number of nitrogen functional groups attached to an aromatic ring is 1. The lowest BCUT2D eigenvalue weighted by Gasteiger charge is -2.24. The number of methoxy groups -OCH3 is 1. The number of hydrogen-bond donors (Lipinski definition) is 2. The van der Waals surface area contributed by atoms with Crippen molar-refractivity contribution in [3.63, 3.8) is 0 Å². The second kappa shape index (κ2) is 5.34. The van der Waals surface area contributed by atoms with Gasteiger partial charge in [0, 0.05) is 17.9 Å². The summed E-state index contributed by atoms with van der Waals surface area (Å²) in [6.07, 6.45) is 2.52. The van der Waals surface area contributed by atoms with E-state index in [2.05, 4.69) is 5.32 Å². The summed E-state index contributed by atoms with van der Waals surface area (Å²) in [6.45, 7) is 0. The maximum Gasteiger partial charge on any atom is 0.121 e. The Bertz CT molecular complexity index is 351. The number of anilines is 2. The molecule has 0 spiro atoms. The van der Waals surface area contributed by atoms with Crippen LogP contribution in [0.15, 0.2) is 18.2 Å². The smallest absolute Gasteiger partial charge is 0.121 e. The van der Waals surface area contributed by atoms with Gasteiger partial charge in [0.15, 0.2) is 0 Å². The topological polar surface area (TPSA) is 47.3 Å². The van der Waals surface area contributed by atoms with E-state index in [1.807, 2.05) is 30.0 Å². The lowest BCUT2D eigenvalue weighted by atomic mass is 10.1. The molecule has 88 valence electrons. The Hall–Kier alpha value is -1.03. The average Bonchev–Trinajstić information content (AvgIpc) is 2.33. The van der Waals surface area contributed by atoms with Crippen LogP contribution in [0.2, 0.25) is 0 Å². The van der Waals surface area contributed by atoms with Crippen LogP contribution in [0.3, 0.4) is 0 Å². The van der Waals surface area contributed by atoms with Crippen LogP contribution in [0.1, 0.15) is 12.8 Å². The summed E-state index contributed by atoms with van der Waals surface area (Å²) < 4.78 is 5.13. The summed E-state index contributed by atoms with van der Waals surface area (Å²) in [7, 11) is 1.65. The van der Waals surface area contributed by atoms with E-state index < -0.39 is 0 Å². The van der Waals surface area contributed by atoms with Crippen molar-refractivity contribution in [3.05, 3.63) is 18.2 Å². The van der Waals surface area contributed by atoms with Gasteiger partial charge in [-0.1, -0.05) is 0 Å². The molecule has 0 aromatic heterocycles. The maximum absolute atomic E-state index is 5.96. The molecule has 3 N–H and O–H groups in total. The zero-order valence-electron chi connectivity index (χ0n) is 9.53. The molecule has 2 rings (SSSR count). The Balaban J connectivity index is 2.03. The molecule has 1 aliphatic rings. The summed E-state index contributed by atoms with van der Waals surface area (Å²) in [5, 5.41) is 3.50. The number of rotatable bonds is 3. The Morgan fingerprint density at radius 3 is 3.00 bits per heavy atom. The monoisotopic (exact) mass is 238 g/mol. The van der Waals surface area contributed by atoms with Gasteiger partial charge in [0.05, 0.1) is 18.5 Å². The fourth-order valence-corrected chi connectivity index (χ4v) is 2.95. The Kier molecular flexibility index (Phi) is 3.83. The molecule has 16 heavy (non-hydrogen) atoms. The zero-order chi connectivity index (χ0) is 11.4. The van der Waals surface area contributed by atoms with Crippen molar-refractivity contribution in [2.45, 2.75) is 18.9 Å². The molecule has 1 aromatic carbocycles. The van der Waals surface area contributed by atoms with Gasteiger partial charge in [-0.05, 0) is 30.7 Å². The average molecular weight is 238 g/mol. The SMILES string of the molecule is COc1ccc(NC2CCCSC2)c(N)c1. The lowest BCUT2D eigenvalue weighted by molar-refractivity contribution is 0.415. The van der Waals surface area contributed by atoms with Crippen LogP contribution in [-0.2, 0) is 0 Å². The van der Waals surface area contributed by atoms with Crippen molar-refractivity contribution in [1.29, 1.82) is 0 Å². The summed E-state index contributed by atoms with van der Waals surface area (Å²) in [4.78, 5) is 0. The van der Waals surface area contributed by atoms with Crippen LogP contribution in [0.4, 0.5) is 11.4 Å². The maximum atomic E-state index is 5.96. The molecule has 1 atom stereocenters. The first kappa shape index (κ1) is 11.5. The molecular weight excluding hydrogens is 220 g/mol. The molecular formula is C12H18N2OS. The first-order chi connectivity index (χ1) is 7.79. The quantitative estimate of drug-likeness (QED) is 0.795. The fourth-order valence-electron chi connectivity index (χ4n) is 1.87. The third-order valence-electron chi connectivity index (χ3n) is 2.78. The Labute approximate surface area is 101 Å². The van der Waals surface area contributed by atoms with Gasteiger partial charge in [-0.2, -0.15) is 11.8 Å². The highest BCUT2D eigenvalue weighted by Crippen LogP contribution is 2.27. The molecule has 3 nitrogen and oxygen atoms in total. The number of hydrogen-bond acceptors (Lipinski definition) is 4. The van der Waals surface area contributed by atoms with Gasteiger partial charge in [-0.15, -0.1) is 0 Å². The highest BCUT2D eigenvalue weighted by Gasteiger charge is 2.14. The molecule has 1 heterocycles. The first-order valence-corrected chi connectivity index (χ1v) is 6.73. The number of benzene rings is 1. The highest BCUT2D eigenvalue weighted by molar-refractivity contribution is 7.99. The Morgan fingerprint density at radius 1 is 1.50 bits per heavy atom. The Morgan fingerprint density at radius 2 is 2.38 bits per heavy atom. The highest BCUT2D eigenvalue weighted by atomic mass is 32.2. The summed E-state index contributed by atoms with van der Waals surface area (Å²) in [6, 6.07) is 6.34. The summed E-state index contributed by atoms with van der Waals surface area (Å²) in [5.41, 5.74) is 7.75. The molecule has 0 saturated carbocycles. The molecule has 0 bridgehead atoms. The third-order valence-corrected chi connectivity index (χ3v) is 3.99. The van der Waals surface area contributed by atoms with Crippen LogP contribution >= 0.6 is 11.8 Å². The second-order valence-electron chi connectivity index (χ2n) is 4.01. The van der Waals surface area contributed by atoms with E-state index in [1.165, 1.54) is 24.3 Å². The van der Waals surface area contributed by atoms with E-state index >= 15 is 0 Å². The van der Waals surface area contributed by atoms with Crippen molar-refractivity contribution in [2.75, 3.05) is 29.7 Å². The minimum atomic E-state index is 0.550. The van der Waals surface area contributed by atoms with E-state index in [4.69, 9.17) is 10.5 Å². The van der Waals surface area contributed by atoms with Gasteiger partial charge >= 0.3 is 0 Å². The van der Waals surface area contributed by atoms with Crippen LogP contribution in [0.25, 0.3) is 0 Å². The van der Waals surface area contributed by atoms with E-state index in [-0.39, 0.29) is 0 Å². The third kappa shape index (κ3) is 2.76. The van der Waals surface area contributed by atoms with E-state index in [9.17, 15) is 0 Å². The minimum Gasteiger partial charge on any atom is -0.497 e. The van der Waals surface area contributed by atoms with Gasteiger partial charge in [0.2, 0.25) is 0 Å². The van der Waals surface area contributed by atoms with Gasteiger partial charge < -0.3 is 15.8 Å². The molecule has 1 saturated heterocycles. The van der Waals surface area contributed by atoms with Crippen molar-refractivity contribution >= 4 is 23.1 Å². The lowest BCUT2D eigenvalue weighted by Crippen LogP contribution is -2.26. The molecule has 1 aliphatic heterocycles. The van der Waals surface area contributed by atoms with Crippen molar-refractivity contribution < 1.29 is 4.74 Å². The predicted molar refractivity (Wildman–Crippen MR) is 71.4 cm³/mol. The van der Waals surface area contributed by atoms with Gasteiger partial charge in [0.25, 0.3) is 0 Å². The van der Waals surface area contributed by atoms with Crippen LogP contribution < -0.4 is 15.8 Å². The zero-order valence-corrected chi connectivity index (χ0v) is 10.3. The van der Waals surface area contributed by atoms with Crippen molar-refractivity contribution in [1.82, 2.24) is 0 Å². The fraction of sp³-hybridized carbons (Fsp3) is 0.500. The molecule has 0 aliphatic carbocycles. The standard InChI is InChI=1S/C12H18N2OS/c1-15-10-4-5-12(11(13)7-10)14-9-3-2-6-16-8-9/h4-5,7,9,14H,2-3,6,8,13H2,1H3. The molecule has 1 unspecified atom stereocenters. The molecule has 4 heteroatoms. The first-order valence-electron chi connectivity index (χ1n) is 5.57. The van der Waals surface area contributed by atoms with E-state index in [0.29, 0.717) is 6.04 Å². The molecule has 0 radical (unpaired) electrons. The number of nitrogens with one attached hydrogen (secondary N) is 1. The normalized spacial score (nSPS) is 20.4. The number of thioether (sulfide) groups is 1.